The fourth-order valence-corrected chi connectivity index (χ4v) is 5.92. The van der Waals surface area contributed by atoms with Gasteiger partial charge >= 0.3 is 11.9 Å². The molecule has 0 spiro atoms. The van der Waals surface area contributed by atoms with Crippen molar-refractivity contribution in [1.82, 2.24) is 19.9 Å². The number of carbonyl (C=O) groups is 2. The van der Waals surface area contributed by atoms with Crippen molar-refractivity contribution in [2.45, 2.75) is 66.4 Å². The molecule has 2 aliphatic heterocycles. The molecule has 2 aliphatic rings. The molecule has 0 radical (unpaired) electrons. The van der Waals surface area contributed by atoms with Gasteiger partial charge in [-0.05, 0) is 69.7 Å². The molecule has 0 fully saturated rings. The maximum atomic E-state index is 11.5. The first-order chi connectivity index (χ1) is 20.9. The predicted octanol–water partition coefficient (Wildman–Crippen LogP) is 6.45. The van der Waals surface area contributed by atoms with Crippen LogP contribution in [-0.4, -0.2) is 43.5 Å². The van der Waals surface area contributed by atoms with E-state index in [1.54, 1.807) is 13.0 Å². The van der Waals surface area contributed by atoms with Crippen molar-refractivity contribution in [1.29, 1.82) is 0 Å². The first-order valence-corrected chi connectivity index (χ1v) is 14.3. The molecule has 3 N–H and O–H groups in total. The van der Waals surface area contributed by atoms with Gasteiger partial charge in [0.15, 0.2) is 0 Å². The van der Waals surface area contributed by atoms with Gasteiger partial charge in [0.05, 0.1) is 22.8 Å². The summed E-state index contributed by atoms with van der Waals surface area (Å²) in [5, 5.41) is 28.5. The molecule has 0 amide bonds. The van der Waals surface area contributed by atoms with E-state index < -0.39 is 18.0 Å². The third kappa shape index (κ3) is 6.43. The fourth-order valence-electron chi connectivity index (χ4n) is 5.92. The molecule has 0 saturated heterocycles. The SMILES string of the molecule is C=Cc1c(C)c2cc3nc(cc4[n-]c(cc5nc(cc1[n-]2)C(C)=C5CCC(=O)O)c(CCC(=O)O)c4C)C(C)=C3[C@H](C)OO.[Fe]. The van der Waals surface area contributed by atoms with Crippen molar-refractivity contribution < 1.29 is 47.0 Å². The number of nitrogens with zero attached hydrogens (tertiary/aromatic N) is 4. The summed E-state index contributed by atoms with van der Waals surface area (Å²) >= 11 is 0. The summed E-state index contributed by atoms with van der Waals surface area (Å²) in [5.74, 6) is -1.84. The first-order valence-electron chi connectivity index (χ1n) is 14.3. The third-order valence-electron chi connectivity index (χ3n) is 8.42. The second kappa shape index (κ2) is 13.4. The molecular formula is C34H34FeN4O6-2. The number of carboxylic acid groups (broad SMARTS) is 2. The number of carboxylic acids is 2. The molecule has 5 heterocycles. The molecule has 8 bridgehead atoms. The molecule has 5 rings (SSSR count). The van der Waals surface area contributed by atoms with E-state index in [-0.39, 0.29) is 42.8 Å². The van der Waals surface area contributed by atoms with Crippen molar-refractivity contribution >= 4 is 62.4 Å². The number of aryl methyl sites for hydroxylation is 3. The van der Waals surface area contributed by atoms with Crippen molar-refractivity contribution in [3.8, 4) is 0 Å². The molecule has 0 aliphatic carbocycles. The van der Waals surface area contributed by atoms with E-state index in [0.717, 1.165) is 39.0 Å². The molecule has 0 aromatic carbocycles. The van der Waals surface area contributed by atoms with Gasteiger partial charge in [-0.3, -0.25) is 14.8 Å². The van der Waals surface area contributed by atoms with Gasteiger partial charge in [-0.25, -0.2) is 14.9 Å². The number of fused-ring (bicyclic) bond motifs is 8. The van der Waals surface area contributed by atoms with Crippen LogP contribution < -0.4 is 9.97 Å². The topological polar surface area (TPSA) is 158 Å². The number of rotatable bonds is 9. The summed E-state index contributed by atoms with van der Waals surface area (Å²) in [4.78, 5) is 47.5. The Labute approximate surface area is 271 Å². The third-order valence-corrected chi connectivity index (χ3v) is 8.42. The second-order valence-corrected chi connectivity index (χ2v) is 11.1. The van der Waals surface area contributed by atoms with Gasteiger partial charge in [-0.15, -0.1) is 22.1 Å². The van der Waals surface area contributed by atoms with Crippen LogP contribution in [0.3, 0.4) is 0 Å². The van der Waals surface area contributed by atoms with Gasteiger partial charge < -0.3 is 20.2 Å². The Kier molecular flexibility index (Phi) is 9.99. The van der Waals surface area contributed by atoms with Crippen LogP contribution in [0.4, 0.5) is 0 Å². The van der Waals surface area contributed by atoms with E-state index in [2.05, 4.69) is 6.58 Å². The molecule has 1 atom stereocenters. The Bertz CT molecular complexity index is 1950. The summed E-state index contributed by atoms with van der Waals surface area (Å²) in [6.45, 7) is 13.4. The molecule has 0 unspecified atom stereocenters. The van der Waals surface area contributed by atoms with E-state index in [0.29, 0.717) is 50.4 Å². The Morgan fingerprint density at radius 1 is 0.822 bits per heavy atom. The summed E-state index contributed by atoms with van der Waals surface area (Å²) in [5.41, 5.74) is 11.4. The van der Waals surface area contributed by atoms with Gasteiger partial charge in [0.1, 0.15) is 6.10 Å². The van der Waals surface area contributed by atoms with E-state index in [1.165, 1.54) is 0 Å². The number of hydrogen-bond acceptors (Lipinski definition) is 6. The van der Waals surface area contributed by atoms with Crippen LogP contribution >= 0.6 is 0 Å². The molecule has 10 nitrogen and oxygen atoms in total. The minimum atomic E-state index is -0.923. The average molecular weight is 651 g/mol. The smallest absolute Gasteiger partial charge is 0.303 e. The Morgan fingerprint density at radius 3 is 2.00 bits per heavy atom. The van der Waals surface area contributed by atoms with E-state index >= 15 is 0 Å². The summed E-state index contributed by atoms with van der Waals surface area (Å²) in [6, 6.07) is 7.39. The average Bonchev–Trinajstić information content (AvgIpc) is 3.63. The normalized spacial score (nSPS) is 13.6. The van der Waals surface area contributed by atoms with E-state index in [9.17, 15) is 25.1 Å². The van der Waals surface area contributed by atoms with Gasteiger partial charge in [-0.2, -0.15) is 0 Å². The summed E-state index contributed by atoms with van der Waals surface area (Å²) in [7, 11) is 0. The molecule has 45 heavy (non-hydrogen) atoms. The molecule has 0 saturated carbocycles. The largest absolute Gasteiger partial charge is 0.657 e. The van der Waals surface area contributed by atoms with E-state index in [1.807, 2.05) is 52.0 Å². The standard InChI is InChI=1S/C34H36N4O6.Fe/c1-7-21-16(2)26-14-31-34(20(6)44-43)19(5)27(38-31)12-24-17(3)22(8-10-32(39)40)29(36-24)15-30-23(9-11-33(41)42)18(4)25(37-30)13-28(21)35-26;/h7,12-15,20H,1,8-11H2,2-6H3,(H5,35,36,37,38,39,40,41,42,43);/p-2/t20-;/m0./s1. The fraction of sp³-hybridized carbons (Fsp3) is 0.294. The van der Waals surface area contributed by atoms with Gasteiger partial charge in [0.25, 0.3) is 0 Å². The zero-order valence-electron chi connectivity index (χ0n) is 25.7. The van der Waals surface area contributed by atoms with Crippen LogP contribution in [0.25, 0.3) is 50.4 Å². The van der Waals surface area contributed by atoms with Crippen LogP contribution in [0.15, 0.2) is 30.8 Å². The van der Waals surface area contributed by atoms with Gasteiger partial charge in [0, 0.05) is 35.5 Å². The summed E-state index contributed by atoms with van der Waals surface area (Å²) < 4.78 is 0. The van der Waals surface area contributed by atoms with Crippen LogP contribution in [0.2, 0.25) is 0 Å². The zero-order chi connectivity index (χ0) is 31.9. The Balaban J connectivity index is 0.00000461. The minimum Gasteiger partial charge on any atom is -0.657 e. The van der Waals surface area contributed by atoms with Crippen molar-refractivity contribution in [3.63, 3.8) is 0 Å². The van der Waals surface area contributed by atoms with Crippen molar-refractivity contribution in [3.05, 3.63) is 75.9 Å². The molecule has 11 heteroatoms. The molecular weight excluding hydrogens is 616 g/mol. The van der Waals surface area contributed by atoms with Crippen LogP contribution in [0.1, 0.15) is 85.1 Å². The number of aliphatic carboxylic acids is 2. The number of hydrogen-bond donors (Lipinski definition) is 3. The maximum Gasteiger partial charge on any atom is 0.303 e. The van der Waals surface area contributed by atoms with Crippen molar-refractivity contribution in [2.24, 2.45) is 0 Å². The van der Waals surface area contributed by atoms with Gasteiger partial charge in [0.2, 0.25) is 0 Å². The van der Waals surface area contributed by atoms with Crippen LogP contribution in [0, 0.1) is 13.8 Å². The molecule has 3 aromatic rings. The Morgan fingerprint density at radius 2 is 1.36 bits per heavy atom. The van der Waals surface area contributed by atoms with E-state index in [4.69, 9.17) is 24.8 Å². The minimum absolute atomic E-state index is 0. The Hall–Kier alpha value is -4.28. The second-order valence-electron chi connectivity index (χ2n) is 11.1. The van der Waals surface area contributed by atoms with Gasteiger partial charge in [-0.1, -0.05) is 53.6 Å². The first kappa shape index (κ1) is 33.6. The van der Waals surface area contributed by atoms with Crippen LogP contribution in [0.5, 0.6) is 0 Å². The van der Waals surface area contributed by atoms with Crippen molar-refractivity contribution in [2.75, 3.05) is 0 Å². The number of allylic oxidation sites excluding steroid dienone is 3. The molecule has 236 valence electrons. The molecule has 3 aromatic heterocycles. The maximum absolute atomic E-state index is 11.5. The van der Waals surface area contributed by atoms with Crippen LogP contribution in [-0.2, 0) is 38.0 Å². The monoisotopic (exact) mass is 650 g/mol. The quantitative estimate of drug-likeness (QED) is 0.134. The number of aromatic nitrogens is 4. The summed E-state index contributed by atoms with van der Waals surface area (Å²) in [6.07, 6.45) is 1.45. The predicted molar refractivity (Wildman–Crippen MR) is 169 cm³/mol. The zero-order valence-corrected chi connectivity index (χ0v) is 26.8.